The van der Waals surface area contributed by atoms with Crippen LogP contribution < -0.4 is 15.2 Å². The van der Waals surface area contributed by atoms with Crippen molar-refractivity contribution in [1.29, 1.82) is 0 Å². The quantitative estimate of drug-likeness (QED) is 0.755. The Morgan fingerprint density at radius 3 is 2.65 bits per heavy atom. The number of hydrogen-bond donors (Lipinski definition) is 2. The zero-order valence-electron chi connectivity index (χ0n) is 11.2. The third kappa shape index (κ3) is 2.64. The molecule has 20 heavy (non-hydrogen) atoms. The molecule has 0 aliphatic heterocycles. The van der Waals surface area contributed by atoms with Crippen molar-refractivity contribution in [3.05, 3.63) is 17.7 Å². The predicted molar refractivity (Wildman–Crippen MR) is 71.7 cm³/mol. The van der Waals surface area contributed by atoms with Gasteiger partial charge in [0.1, 0.15) is 10.6 Å². The lowest BCUT2D eigenvalue weighted by Crippen LogP contribution is -2.16. The van der Waals surface area contributed by atoms with Crippen LogP contribution in [0.1, 0.15) is 5.56 Å². The van der Waals surface area contributed by atoms with E-state index >= 15 is 0 Å². The normalized spacial score (nSPS) is 11.3. The molecule has 0 saturated carbocycles. The van der Waals surface area contributed by atoms with Crippen molar-refractivity contribution in [2.75, 3.05) is 17.6 Å². The Morgan fingerprint density at radius 2 is 2.10 bits per heavy atom. The van der Waals surface area contributed by atoms with Crippen LogP contribution in [0.2, 0.25) is 0 Å². The molecule has 1 aromatic heterocycles. The number of nitrogens with one attached hydrogen (secondary N) is 1. The first-order valence-electron chi connectivity index (χ1n) is 5.54. The molecule has 0 aliphatic rings. The molecule has 108 valence electrons. The number of benzene rings is 1. The zero-order chi connectivity index (χ0) is 14.9. The van der Waals surface area contributed by atoms with Gasteiger partial charge in [-0.2, -0.15) is 4.80 Å². The topological polar surface area (TPSA) is 125 Å². The van der Waals surface area contributed by atoms with Crippen molar-refractivity contribution in [2.24, 2.45) is 7.05 Å². The van der Waals surface area contributed by atoms with Crippen molar-refractivity contribution < 1.29 is 13.2 Å². The van der Waals surface area contributed by atoms with Crippen molar-refractivity contribution in [1.82, 2.24) is 20.2 Å². The highest BCUT2D eigenvalue weighted by Gasteiger charge is 2.22. The summed E-state index contributed by atoms with van der Waals surface area (Å²) in [6, 6.07) is 2.88. The minimum atomic E-state index is -3.92. The molecule has 0 bridgehead atoms. The average molecular weight is 298 g/mol. The van der Waals surface area contributed by atoms with Crippen molar-refractivity contribution in [2.45, 2.75) is 11.8 Å². The van der Waals surface area contributed by atoms with Gasteiger partial charge in [0, 0.05) is 5.69 Å². The number of aromatic nitrogens is 4. The number of nitrogens with two attached hydrogens (primary N) is 1. The lowest BCUT2D eigenvalue weighted by atomic mass is 10.2. The third-order valence-electron chi connectivity index (χ3n) is 2.58. The van der Waals surface area contributed by atoms with E-state index in [-0.39, 0.29) is 16.6 Å². The van der Waals surface area contributed by atoms with Gasteiger partial charge >= 0.3 is 0 Å². The number of hydrogen-bond acceptors (Lipinski definition) is 7. The molecule has 2 rings (SSSR count). The van der Waals surface area contributed by atoms with Gasteiger partial charge in [-0.3, -0.25) is 0 Å². The minimum Gasteiger partial charge on any atom is -0.495 e. The second-order valence-corrected chi connectivity index (χ2v) is 5.72. The first-order valence-corrected chi connectivity index (χ1v) is 7.02. The summed E-state index contributed by atoms with van der Waals surface area (Å²) in [7, 11) is -1.01. The van der Waals surface area contributed by atoms with Crippen molar-refractivity contribution >= 4 is 21.7 Å². The summed E-state index contributed by atoms with van der Waals surface area (Å²) >= 11 is 0. The van der Waals surface area contributed by atoms with Crippen LogP contribution >= 0.6 is 0 Å². The molecule has 0 fully saturated rings. The van der Waals surface area contributed by atoms with Crippen LogP contribution in [0.5, 0.6) is 5.75 Å². The molecular weight excluding hydrogens is 284 g/mol. The molecule has 3 N–H and O–H groups in total. The maximum atomic E-state index is 12.3. The molecule has 9 nitrogen and oxygen atoms in total. The third-order valence-corrected chi connectivity index (χ3v) is 3.93. The number of sulfonamides is 1. The summed E-state index contributed by atoms with van der Waals surface area (Å²) in [6.07, 6.45) is 0. The predicted octanol–water partition coefficient (Wildman–Crippen LogP) is -0.0899. The molecule has 0 amide bonds. The lowest BCUT2D eigenvalue weighted by molar-refractivity contribution is 0.402. The van der Waals surface area contributed by atoms with E-state index in [1.807, 2.05) is 0 Å². The Kier molecular flexibility index (Phi) is 3.49. The fraction of sp³-hybridized carbons (Fsp3) is 0.300. The number of ether oxygens (including phenoxy) is 1. The van der Waals surface area contributed by atoms with Crippen LogP contribution in [0.25, 0.3) is 0 Å². The van der Waals surface area contributed by atoms with Crippen molar-refractivity contribution in [3.8, 4) is 5.75 Å². The van der Waals surface area contributed by atoms with Gasteiger partial charge in [-0.05, 0) is 29.8 Å². The first kappa shape index (κ1) is 14.1. The van der Waals surface area contributed by atoms with E-state index in [1.54, 1.807) is 13.0 Å². The number of tetrazole rings is 1. The van der Waals surface area contributed by atoms with E-state index in [4.69, 9.17) is 10.5 Å². The highest BCUT2D eigenvalue weighted by Crippen LogP contribution is 2.29. The average Bonchev–Trinajstić information content (AvgIpc) is 2.76. The molecule has 0 aliphatic carbocycles. The molecule has 1 heterocycles. The van der Waals surface area contributed by atoms with Crippen molar-refractivity contribution in [3.63, 3.8) is 0 Å². The van der Waals surface area contributed by atoms with Gasteiger partial charge in [0.25, 0.3) is 16.0 Å². The van der Waals surface area contributed by atoms with Gasteiger partial charge in [0.2, 0.25) is 0 Å². The molecule has 1 aromatic carbocycles. The van der Waals surface area contributed by atoms with Gasteiger partial charge in [-0.15, -0.1) is 5.10 Å². The van der Waals surface area contributed by atoms with Gasteiger partial charge in [0.15, 0.2) is 0 Å². The summed E-state index contributed by atoms with van der Waals surface area (Å²) in [5, 5.41) is 10.9. The van der Waals surface area contributed by atoms with Gasteiger partial charge in [-0.1, -0.05) is 5.10 Å². The molecule has 0 radical (unpaired) electrons. The SMILES string of the molecule is COc1cc(C)c(N)cc1S(=O)(=O)Nc1nnn(C)n1. The fourth-order valence-electron chi connectivity index (χ4n) is 1.55. The Hall–Kier alpha value is -2.36. The van der Waals surface area contributed by atoms with E-state index in [0.29, 0.717) is 5.69 Å². The number of aryl methyl sites for hydroxylation is 2. The highest BCUT2D eigenvalue weighted by atomic mass is 32.2. The first-order chi connectivity index (χ1) is 9.33. The number of nitrogen functional groups attached to an aromatic ring is 1. The van der Waals surface area contributed by atoms with Gasteiger partial charge in [-0.25, -0.2) is 13.1 Å². The van der Waals surface area contributed by atoms with Crippen LogP contribution in [0.3, 0.4) is 0 Å². The van der Waals surface area contributed by atoms with E-state index in [0.717, 1.165) is 10.4 Å². The molecule has 2 aromatic rings. The number of rotatable bonds is 4. The standard InChI is InChI=1S/C10H14N6O3S/c1-6-4-8(19-3)9(5-7(6)11)20(17,18)14-10-12-15-16(2)13-10/h4-5H,11H2,1-3H3,(H,13,14). The van der Waals surface area contributed by atoms with E-state index in [2.05, 4.69) is 20.1 Å². The summed E-state index contributed by atoms with van der Waals surface area (Å²) < 4.78 is 31.9. The van der Waals surface area contributed by atoms with E-state index < -0.39 is 10.0 Å². The second-order valence-electron chi connectivity index (χ2n) is 4.07. The zero-order valence-corrected chi connectivity index (χ0v) is 12.0. The van der Waals surface area contributed by atoms with Crippen LogP contribution in [0.15, 0.2) is 17.0 Å². The Morgan fingerprint density at radius 1 is 1.40 bits per heavy atom. The lowest BCUT2D eigenvalue weighted by Gasteiger charge is -2.12. The van der Waals surface area contributed by atoms with Crippen LogP contribution in [-0.4, -0.2) is 35.7 Å². The number of anilines is 2. The second kappa shape index (κ2) is 4.96. The molecule has 10 heteroatoms. The van der Waals surface area contributed by atoms with Gasteiger partial charge in [0.05, 0.1) is 14.2 Å². The molecule has 0 spiro atoms. The van der Waals surface area contributed by atoms with E-state index in [9.17, 15) is 8.42 Å². The molecule has 0 saturated heterocycles. The Bertz CT molecular complexity index is 739. The number of methoxy groups -OCH3 is 1. The molecular formula is C10H14N6O3S. The van der Waals surface area contributed by atoms with Crippen LogP contribution in [0.4, 0.5) is 11.6 Å². The maximum Gasteiger partial charge on any atom is 0.277 e. The Balaban J connectivity index is 2.46. The smallest absolute Gasteiger partial charge is 0.277 e. The monoisotopic (exact) mass is 298 g/mol. The summed E-state index contributed by atoms with van der Waals surface area (Å²) in [5.41, 5.74) is 6.81. The van der Waals surface area contributed by atoms with Crippen LogP contribution in [0, 0.1) is 6.92 Å². The highest BCUT2D eigenvalue weighted by molar-refractivity contribution is 7.92. The fourth-order valence-corrected chi connectivity index (χ4v) is 2.67. The minimum absolute atomic E-state index is 0.0875. The van der Waals surface area contributed by atoms with E-state index in [1.165, 1.54) is 20.2 Å². The van der Waals surface area contributed by atoms with Crippen LogP contribution in [-0.2, 0) is 17.1 Å². The van der Waals surface area contributed by atoms with Gasteiger partial charge < -0.3 is 10.5 Å². The molecule has 0 atom stereocenters. The summed E-state index contributed by atoms with van der Waals surface area (Å²) in [5.74, 6) is 0.0572. The largest absolute Gasteiger partial charge is 0.495 e. The Labute approximate surface area is 115 Å². The summed E-state index contributed by atoms with van der Waals surface area (Å²) in [4.78, 5) is 1.05. The number of nitrogens with zero attached hydrogens (tertiary/aromatic N) is 4. The molecule has 0 unspecified atom stereocenters. The summed E-state index contributed by atoms with van der Waals surface area (Å²) in [6.45, 7) is 1.76. The maximum absolute atomic E-state index is 12.3.